The van der Waals surface area contributed by atoms with Gasteiger partial charge in [0.1, 0.15) is 0 Å². The molecule has 3 heterocycles. The van der Waals surface area contributed by atoms with Crippen LogP contribution in [0.2, 0.25) is 10.0 Å². The van der Waals surface area contributed by atoms with E-state index in [1.165, 1.54) is 23.1 Å². The molecule has 1 saturated heterocycles. The van der Waals surface area contributed by atoms with Gasteiger partial charge in [-0.05, 0) is 60.7 Å². The van der Waals surface area contributed by atoms with Crippen molar-refractivity contribution in [2.75, 3.05) is 24.2 Å². The van der Waals surface area contributed by atoms with Crippen LogP contribution in [-0.2, 0) is 22.6 Å². The number of nitrogens with two attached hydrogens (primary N) is 1. The Balaban J connectivity index is 0.952. The molecule has 1 aliphatic heterocycles. The molecule has 1 atom stereocenters. The minimum Gasteiger partial charge on any atom is -0.361 e. The number of anilines is 1. The molecule has 1 fully saturated rings. The number of thioether (sulfide) groups is 1. The second-order valence-electron chi connectivity index (χ2n) is 11.4. The number of H-pyrrole nitrogens is 1. The van der Waals surface area contributed by atoms with E-state index in [4.69, 9.17) is 33.9 Å². The van der Waals surface area contributed by atoms with E-state index >= 15 is 0 Å². The standard InChI is InChI=1S/C34H34Cl2N6O2S2/c35-27-9-8-21(14-28(27)36)18-42-12-10-24(11-13-42)39-32(43)20-46-34-41-31(19-45-34)22-4-3-5-25(15-22)40-33(44)29(37)16-23-17-38-30-7-2-1-6-26(23)30/h1-9,14-15,17,19,24,29,38H,10-13,16,18,20,37H2,(H,39,43)(H,40,44)/t29-/m0/s1. The molecule has 6 rings (SSSR count). The maximum absolute atomic E-state index is 12.9. The summed E-state index contributed by atoms with van der Waals surface area (Å²) in [6, 6.07) is 20.7. The number of halogens is 2. The summed E-state index contributed by atoms with van der Waals surface area (Å²) >= 11 is 15.1. The number of thiazole rings is 1. The topological polar surface area (TPSA) is 116 Å². The number of amides is 2. The van der Waals surface area contributed by atoms with Gasteiger partial charge in [-0.25, -0.2) is 4.98 Å². The number of para-hydroxylation sites is 1. The lowest BCUT2D eigenvalue weighted by Crippen LogP contribution is -2.44. The van der Waals surface area contributed by atoms with E-state index in [1.807, 2.05) is 78.3 Å². The molecule has 0 spiro atoms. The van der Waals surface area contributed by atoms with Crippen molar-refractivity contribution in [3.05, 3.63) is 99.5 Å². The average molecular weight is 694 g/mol. The highest BCUT2D eigenvalue weighted by Crippen LogP contribution is 2.30. The maximum Gasteiger partial charge on any atom is 0.241 e. The number of aromatic nitrogens is 2. The number of likely N-dealkylation sites (tertiary alicyclic amines) is 1. The number of carbonyl (C=O) groups excluding carboxylic acids is 2. The van der Waals surface area contributed by atoms with Gasteiger partial charge in [-0.3, -0.25) is 14.5 Å². The molecule has 1 aliphatic rings. The van der Waals surface area contributed by atoms with Crippen LogP contribution in [0.3, 0.4) is 0 Å². The van der Waals surface area contributed by atoms with Gasteiger partial charge in [0.25, 0.3) is 0 Å². The number of hydrogen-bond donors (Lipinski definition) is 4. The summed E-state index contributed by atoms with van der Waals surface area (Å²) < 4.78 is 0.816. The summed E-state index contributed by atoms with van der Waals surface area (Å²) in [4.78, 5) is 36.0. The van der Waals surface area contributed by atoms with E-state index in [1.54, 1.807) is 0 Å². The highest BCUT2D eigenvalue weighted by molar-refractivity contribution is 8.01. The molecule has 238 valence electrons. The van der Waals surface area contributed by atoms with Crippen molar-refractivity contribution >= 4 is 74.7 Å². The van der Waals surface area contributed by atoms with Gasteiger partial charge in [0.15, 0.2) is 4.34 Å². The molecule has 5 aromatic rings. The lowest BCUT2D eigenvalue weighted by molar-refractivity contribution is -0.119. The normalized spacial score (nSPS) is 14.8. The number of carbonyl (C=O) groups is 2. The first kappa shape index (κ1) is 32.6. The highest BCUT2D eigenvalue weighted by atomic mass is 35.5. The zero-order valence-electron chi connectivity index (χ0n) is 25.0. The zero-order chi connectivity index (χ0) is 32.0. The fourth-order valence-corrected chi connectivity index (χ4v) is 7.57. The lowest BCUT2D eigenvalue weighted by atomic mass is 10.0. The second-order valence-corrected chi connectivity index (χ2v) is 14.3. The molecule has 46 heavy (non-hydrogen) atoms. The van der Waals surface area contributed by atoms with Gasteiger partial charge in [0.2, 0.25) is 11.8 Å². The van der Waals surface area contributed by atoms with Crippen molar-refractivity contribution in [1.82, 2.24) is 20.2 Å². The Bertz CT molecular complexity index is 1840. The van der Waals surface area contributed by atoms with E-state index in [-0.39, 0.29) is 17.9 Å². The molecule has 0 unspecified atom stereocenters. The Morgan fingerprint density at radius 3 is 2.72 bits per heavy atom. The molecule has 5 N–H and O–H groups in total. The second kappa shape index (κ2) is 15.0. The number of fused-ring (bicyclic) bond motifs is 1. The van der Waals surface area contributed by atoms with E-state index in [9.17, 15) is 9.59 Å². The minimum absolute atomic E-state index is 0.0124. The van der Waals surface area contributed by atoms with Crippen molar-refractivity contribution in [3.63, 3.8) is 0 Å². The minimum atomic E-state index is -0.696. The Morgan fingerprint density at radius 1 is 1.07 bits per heavy atom. The Kier molecular flexibility index (Phi) is 10.6. The number of rotatable bonds is 11. The van der Waals surface area contributed by atoms with Gasteiger partial charge in [-0.1, -0.05) is 71.4 Å². The lowest BCUT2D eigenvalue weighted by Gasteiger charge is -2.32. The van der Waals surface area contributed by atoms with Crippen LogP contribution in [-0.4, -0.2) is 57.6 Å². The fourth-order valence-electron chi connectivity index (χ4n) is 5.61. The van der Waals surface area contributed by atoms with Crippen LogP contribution in [0.1, 0.15) is 24.0 Å². The van der Waals surface area contributed by atoms with Crippen molar-refractivity contribution in [3.8, 4) is 11.3 Å². The SMILES string of the molecule is N[C@@H](Cc1c[nH]c2ccccc12)C(=O)Nc1cccc(-c2csc(SCC(=O)NC3CCN(Cc4ccc(Cl)c(Cl)c4)CC3)n2)c1. The third-order valence-corrected chi connectivity index (χ3v) is 10.8. The third-order valence-electron chi connectivity index (χ3n) is 8.03. The molecule has 0 aliphatic carbocycles. The summed E-state index contributed by atoms with van der Waals surface area (Å²) in [7, 11) is 0. The van der Waals surface area contributed by atoms with Crippen molar-refractivity contribution in [2.45, 2.75) is 42.2 Å². The molecular weight excluding hydrogens is 659 g/mol. The first-order chi connectivity index (χ1) is 22.3. The number of hydrogen-bond acceptors (Lipinski definition) is 7. The van der Waals surface area contributed by atoms with Crippen LogP contribution in [0.15, 0.2) is 82.6 Å². The summed E-state index contributed by atoms with van der Waals surface area (Å²) in [5.74, 6) is 0.0689. The highest BCUT2D eigenvalue weighted by Gasteiger charge is 2.22. The molecule has 0 bridgehead atoms. The molecule has 2 amide bonds. The molecular formula is C34H34Cl2N6O2S2. The van der Waals surface area contributed by atoms with Gasteiger partial charge in [-0.2, -0.15) is 0 Å². The van der Waals surface area contributed by atoms with Gasteiger partial charge in [0, 0.05) is 59.4 Å². The van der Waals surface area contributed by atoms with E-state index in [0.29, 0.717) is 27.9 Å². The van der Waals surface area contributed by atoms with Gasteiger partial charge in [0.05, 0.1) is 27.5 Å². The predicted molar refractivity (Wildman–Crippen MR) is 190 cm³/mol. The quantitative estimate of drug-likeness (QED) is 0.111. The van der Waals surface area contributed by atoms with Crippen LogP contribution in [0.4, 0.5) is 5.69 Å². The zero-order valence-corrected chi connectivity index (χ0v) is 28.1. The van der Waals surface area contributed by atoms with Crippen LogP contribution < -0.4 is 16.4 Å². The predicted octanol–water partition coefficient (Wildman–Crippen LogP) is 6.98. The molecule has 0 saturated carbocycles. The Morgan fingerprint density at radius 2 is 1.89 bits per heavy atom. The number of piperidine rings is 1. The number of nitrogens with one attached hydrogen (secondary N) is 3. The monoisotopic (exact) mass is 692 g/mol. The molecule has 12 heteroatoms. The number of aromatic amines is 1. The van der Waals surface area contributed by atoms with Crippen molar-refractivity contribution < 1.29 is 9.59 Å². The fraction of sp³-hybridized carbons (Fsp3) is 0.265. The van der Waals surface area contributed by atoms with Gasteiger partial charge >= 0.3 is 0 Å². The summed E-state index contributed by atoms with van der Waals surface area (Å²) in [5.41, 5.74) is 11.8. The largest absolute Gasteiger partial charge is 0.361 e. The summed E-state index contributed by atoms with van der Waals surface area (Å²) in [6.07, 6.45) is 4.14. The molecule has 0 radical (unpaired) electrons. The molecule has 8 nitrogen and oxygen atoms in total. The van der Waals surface area contributed by atoms with Gasteiger partial charge in [-0.15, -0.1) is 11.3 Å². The Labute approximate surface area is 286 Å². The molecule has 2 aromatic heterocycles. The first-order valence-electron chi connectivity index (χ1n) is 15.1. The van der Waals surface area contributed by atoms with Gasteiger partial charge < -0.3 is 21.4 Å². The van der Waals surface area contributed by atoms with Crippen LogP contribution in [0.25, 0.3) is 22.2 Å². The number of nitrogens with zero attached hydrogens (tertiary/aromatic N) is 2. The third kappa shape index (κ3) is 8.31. The number of benzene rings is 3. The van der Waals surface area contributed by atoms with Crippen LogP contribution >= 0.6 is 46.3 Å². The summed E-state index contributed by atoms with van der Waals surface area (Å²) in [6.45, 7) is 2.63. The van der Waals surface area contributed by atoms with E-state index in [2.05, 4.69) is 20.5 Å². The smallest absolute Gasteiger partial charge is 0.241 e. The Hall–Kier alpha value is -3.38. The van der Waals surface area contributed by atoms with Crippen LogP contribution in [0, 0.1) is 0 Å². The molecule has 3 aromatic carbocycles. The van der Waals surface area contributed by atoms with Crippen molar-refractivity contribution in [2.24, 2.45) is 5.73 Å². The summed E-state index contributed by atoms with van der Waals surface area (Å²) in [5, 5.41) is 10.3. The van der Waals surface area contributed by atoms with E-state index < -0.39 is 6.04 Å². The first-order valence-corrected chi connectivity index (χ1v) is 17.7. The maximum atomic E-state index is 12.9. The van der Waals surface area contributed by atoms with E-state index in [0.717, 1.165) is 70.1 Å². The van der Waals surface area contributed by atoms with Crippen LogP contribution in [0.5, 0.6) is 0 Å². The van der Waals surface area contributed by atoms with Crippen molar-refractivity contribution in [1.29, 1.82) is 0 Å². The average Bonchev–Trinajstić information content (AvgIpc) is 3.70.